The van der Waals surface area contributed by atoms with Gasteiger partial charge in [0.15, 0.2) is 0 Å². The number of halogens is 1. The minimum absolute atomic E-state index is 0.448. The van der Waals surface area contributed by atoms with E-state index in [1.165, 1.54) is 11.3 Å². The number of aryl methyl sites for hydroxylation is 2. The highest BCUT2D eigenvalue weighted by Gasteiger charge is 2.19. The van der Waals surface area contributed by atoms with Crippen molar-refractivity contribution < 1.29 is 5.11 Å². The number of hydrogen-bond donors (Lipinski definition) is 1. The van der Waals surface area contributed by atoms with Gasteiger partial charge in [0.05, 0.1) is 27.6 Å². The van der Waals surface area contributed by atoms with Crippen molar-refractivity contribution in [2.45, 2.75) is 39.3 Å². The van der Waals surface area contributed by atoms with Crippen LogP contribution in [0.1, 0.15) is 37.0 Å². The molecule has 1 unspecified atom stereocenters. The lowest BCUT2D eigenvalue weighted by Gasteiger charge is -2.09. The van der Waals surface area contributed by atoms with Crippen LogP contribution in [0, 0.1) is 0 Å². The van der Waals surface area contributed by atoms with E-state index in [1.54, 1.807) is 5.51 Å². The normalized spacial score (nSPS) is 12.9. The maximum atomic E-state index is 10.1. The smallest absolute Gasteiger partial charge is 0.102 e. The topological polar surface area (TPSA) is 50.9 Å². The minimum Gasteiger partial charge on any atom is -0.386 e. The first-order valence-electron chi connectivity index (χ1n) is 5.97. The summed E-state index contributed by atoms with van der Waals surface area (Å²) >= 11 is 7.78. The van der Waals surface area contributed by atoms with Gasteiger partial charge in [-0.05, 0) is 13.3 Å². The predicted octanol–water partition coefficient (Wildman–Crippen LogP) is 2.85. The second kappa shape index (κ2) is 5.82. The molecular weight excluding hydrogens is 270 g/mol. The second-order valence-electron chi connectivity index (χ2n) is 4.01. The van der Waals surface area contributed by atoms with Crippen molar-refractivity contribution in [2.24, 2.45) is 0 Å². The van der Waals surface area contributed by atoms with Crippen LogP contribution in [0.3, 0.4) is 0 Å². The Morgan fingerprint density at radius 1 is 1.50 bits per heavy atom. The SMILES string of the molecule is CCc1nn(CC)c(CC(O)c2cscn2)c1Cl. The third-order valence-corrected chi connectivity index (χ3v) is 3.91. The standard InChI is InChI=1S/C12H16ClN3OS/c1-3-8-12(13)10(16(4-2)15-8)5-11(17)9-6-18-7-14-9/h6-7,11,17H,3-5H2,1-2H3. The molecule has 6 heteroatoms. The molecule has 0 aliphatic rings. The van der Waals surface area contributed by atoms with Crippen molar-refractivity contribution in [3.63, 3.8) is 0 Å². The maximum Gasteiger partial charge on any atom is 0.102 e. The molecule has 98 valence electrons. The molecule has 2 heterocycles. The van der Waals surface area contributed by atoms with Gasteiger partial charge in [-0.15, -0.1) is 11.3 Å². The minimum atomic E-state index is -0.625. The van der Waals surface area contributed by atoms with Crippen molar-refractivity contribution in [3.05, 3.63) is 33.0 Å². The first-order valence-corrected chi connectivity index (χ1v) is 7.29. The molecule has 0 aromatic carbocycles. The lowest BCUT2D eigenvalue weighted by Crippen LogP contribution is -2.09. The molecule has 1 N–H and O–H groups in total. The molecule has 0 bridgehead atoms. The maximum absolute atomic E-state index is 10.1. The Kier molecular flexibility index (Phi) is 4.37. The molecule has 18 heavy (non-hydrogen) atoms. The van der Waals surface area contributed by atoms with Crippen LogP contribution in [0.25, 0.3) is 0 Å². The summed E-state index contributed by atoms with van der Waals surface area (Å²) in [6.07, 6.45) is 0.620. The zero-order valence-corrected chi connectivity index (χ0v) is 12.0. The molecule has 0 saturated carbocycles. The van der Waals surface area contributed by atoms with Gasteiger partial charge < -0.3 is 5.11 Å². The van der Waals surface area contributed by atoms with Gasteiger partial charge >= 0.3 is 0 Å². The third kappa shape index (κ3) is 2.58. The van der Waals surface area contributed by atoms with Crippen LogP contribution < -0.4 is 0 Å². The molecular formula is C12H16ClN3OS. The van der Waals surface area contributed by atoms with E-state index in [1.807, 2.05) is 23.9 Å². The van der Waals surface area contributed by atoms with E-state index in [-0.39, 0.29) is 0 Å². The lowest BCUT2D eigenvalue weighted by molar-refractivity contribution is 0.171. The molecule has 0 radical (unpaired) electrons. The highest BCUT2D eigenvalue weighted by atomic mass is 35.5. The van der Waals surface area contributed by atoms with Gasteiger partial charge in [0.2, 0.25) is 0 Å². The summed E-state index contributed by atoms with van der Waals surface area (Å²) in [6.45, 7) is 4.79. The fraction of sp³-hybridized carbons (Fsp3) is 0.500. The summed E-state index contributed by atoms with van der Waals surface area (Å²) in [5.74, 6) is 0. The van der Waals surface area contributed by atoms with Crippen LogP contribution >= 0.6 is 22.9 Å². The van der Waals surface area contributed by atoms with E-state index >= 15 is 0 Å². The Balaban J connectivity index is 2.25. The number of thiazole rings is 1. The van der Waals surface area contributed by atoms with Crippen molar-refractivity contribution in [3.8, 4) is 0 Å². The molecule has 2 aromatic heterocycles. The lowest BCUT2D eigenvalue weighted by atomic mass is 10.1. The van der Waals surface area contributed by atoms with Gasteiger partial charge in [-0.2, -0.15) is 5.10 Å². The average molecular weight is 286 g/mol. The second-order valence-corrected chi connectivity index (χ2v) is 5.11. The van der Waals surface area contributed by atoms with E-state index in [9.17, 15) is 5.11 Å². The van der Waals surface area contributed by atoms with Gasteiger partial charge in [0.25, 0.3) is 0 Å². The van der Waals surface area contributed by atoms with E-state index in [0.29, 0.717) is 17.1 Å². The third-order valence-electron chi connectivity index (χ3n) is 2.87. The van der Waals surface area contributed by atoms with Crippen LogP contribution in [-0.4, -0.2) is 19.9 Å². The van der Waals surface area contributed by atoms with E-state index < -0.39 is 6.10 Å². The molecule has 2 aromatic rings. The zero-order valence-electron chi connectivity index (χ0n) is 10.4. The number of aliphatic hydroxyl groups excluding tert-OH is 1. The number of hydrogen-bond acceptors (Lipinski definition) is 4. The fourth-order valence-corrected chi connectivity index (χ4v) is 2.83. The van der Waals surface area contributed by atoms with Crippen LogP contribution in [0.2, 0.25) is 5.02 Å². The molecule has 4 nitrogen and oxygen atoms in total. The van der Waals surface area contributed by atoms with E-state index in [4.69, 9.17) is 11.6 Å². The van der Waals surface area contributed by atoms with Crippen LogP contribution in [0.4, 0.5) is 0 Å². The number of aliphatic hydroxyl groups is 1. The Morgan fingerprint density at radius 3 is 2.83 bits per heavy atom. The predicted molar refractivity (Wildman–Crippen MR) is 73.1 cm³/mol. The van der Waals surface area contributed by atoms with Gasteiger partial charge in [-0.25, -0.2) is 4.98 Å². The molecule has 2 rings (SSSR count). The molecule has 1 atom stereocenters. The Bertz CT molecular complexity index is 510. The molecule has 0 spiro atoms. The van der Waals surface area contributed by atoms with Crippen molar-refractivity contribution in [1.82, 2.24) is 14.8 Å². The van der Waals surface area contributed by atoms with Gasteiger partial charge in [-0.3, -0.25) is 4.68 Å². The highest BCUT2D eigenvalue weighted by Crippen LogP contribution is 2.26. The van der Waals surface area contributed by atoms with Crippen molar-refractivity contribution in [1.29, 1.82) is 0 Å². The number of rotatable bonds is 5. The quantitative estimate of drug-likeness (QED) is 0.919. The first kappa shape index (κ1) is 13.5. The van der Waals surface area contributed by atoms with E-state index in [2.05, 4.69) is 10.1 Å². The van der Waals surface area contributed by atoms with Crippen LogP contribution in [-0.2, 0) is 19.4 Å². The van der Waals surface area contributed by atoms with Crippen LogP contribution in [0.15, 0.2) is 10.9 Å². The fourth-order valence-electron chi connectivity index (χ4n) is 1.89. The van der Waals surface area contributed by atoms with Gasteiger partial charge in [-0.1, -0.05) is 18.5 Å². The van der Waals surface area contributed by atoms with Crippen molar-refractivity contribution >= 4 is 22.9 Å². The summed E-state index contributed by atoms with van der Waals surface area (Å²) in [5, 5.41) is 17.1. The molecule has 0 amide bonds. The summed E-state index contributed by atoms with van der Waals surface area (Å²) in [4.78, 5) is 4.12. The summed E-state index contributed by atoms with van der Waals surface area (Å²) in [7, 11) is 0. The zero-order chi connectivity index (χ0) is 13.1. The molecule has 0 fully saturated rings. The summed E-state index contributed by atoms with van der Waals surface area (Å²) in [5.41, 5.74) is 4.18. The van der Waals surface area contributed by atoms with Crippen LogP contribution in [0.5, 0.6) is 0 Å². The summed E-state index contributed by atoms with van der Waals surface area (Å²) < 4.78 is 1.86. The first-order chi connectivity index (χ1) is 8.67. The highest BCUT2D eigenvalue weighted by molar-refractivity contribution is 7.07. The van der Waals surface area contributed by atoms with Crippen molar-refractivity contribution in [2.75, 3.05) is 0 Å². The van der Waals surface area contributed by atoms with Gasteiger partial charge in [0.1, 0.15) is 6.10 Å². The Hall–Kier alpha value is -0.910. The number of aromatic nitrogens is 3. The Morgan fingerprint density at radius 2 is 2.28 bits per heavy atom. The number of nitrogens with zero attached hydrogens (tertiary/aromatic N) is 3. The molecule has 0 aliphatic carbocycles. The Labute approximate surface area is 115 Å². The van der Waals surface area contributed by atoms with E-state index in [0.717, 1.165) is 24.4 Å². The monoisotopic (exact) mass is 285 g/mol. The molecule has 0 saturated heterocycles. The largest absolute Gasteiger partial charge is 0.386 e. The van der Waals surface area contributed by atoms with Gasteiger partial charge in [0, 0.05) is 18.3 Å². The average Bonchev–Trinajstić information content (AvgIpc) is 2.99. The molecule has 0 aliphatic heterocycles. The summed E-state index contributed by atoms with van der Waals surface area (Å²) in [6, 6.07) is 0.